The van der Waals surface area contributed by atoms with E-state index in [4.69, 9.17) is 16.3 Å². The minimum atomic E-state index is -0.256. The lowest BCUT2D eigenvalue weighted by Crippen LogP contribution is -2.32. The lowest BCUT2D eigenvalue weighted by molar-refractivity contribution is 0.226. The van der Waals surface area contributed by atoms with Crippen molar-refractivity contribution in [3.8, 4) is 5.75 Å². The number of ether oxygens (including phenoxy) is 1. The van der Waals surface area contributed by atoms with Crippen LogP contribution in [0.5, 0.6) is 5.75 Å². The van der Waals surface area contributed by atoms with E-state index in [0.29, 0.717) is 11.0 Å². The predicted molar refractivity (Wildman–Crippen MR) is 112 cm³/mol. The second-order valence-corrected chi connectivity index (χ2v) is 8.24. The Morgan fingerprint density at radius 1 is 1.17 bits per heavy atom. The van der Waals surface area contributed by atoms with E-state index in [1.54, 1.807) is 23.9 Å². The average Bonchev–Trinajstić information content (AvgIpc) is 3.44. The predicted octanol–water partition coefficient (Wildman–Crippen LogP) is 4.95. The molecule has 0 spiro atoms. The zero-order valence-electron chi connectivity index (χ0n) is 15.0. The van der Waals surface area contributed by atoms with Crippen LogP contribution in [0.1, 0.15) is 28.1 Å². The molecule has 29 heavy (non-hydrogen) atoms. The van der Waals surface area contributed by atoms with Gasteiger partial charge in [0.2, 0.25) is 5.95 Å². The van der Waals surface area contributed by atoms with Crippen LogP contribution in [0, 0.1) is 0 Å². The molecule has 3 aromatic heterocycles. The highest BCUT2D eigenvalue weighted by Crippen LogP contribution is 2.51. The molecule has 0 saturated carbocycles. The molecule has 2 atom stereocenters. The monoisotopic (exact) mass is 419 g/mol. The third-order valence-corrected chi connectivity index (χ3v) is 6.33. The number of nitrogens with zero attached hydrogens (tertiary/aromatic N) is 4. The van der Waals surface area contributed by atoms with Crippen molar-refractivity contribution in [2.75, 3.05) is 5.32 Å². The zero-order valence-corrected chi connectivity index (χ0v) is 16.6. The van der Waals surface area contributed by atoms with Gasteiger partial charge in [-0.2, -0.15) is 10.1 Å². The van der Waals surface area contributed by atoms with Crippen molar-refractivity contribution in [1.82, 2.24) is 19.7 Å². The Balaban J connectivity index is 1.66. The van der Waals surface area contributed by atoms with Crippen LogP contribution in [-0.4, -0.2) is 19.7 Å². The molecule has 5 heterocycles. The lowest BCUT2D eigenvalue weighted by atomic mass is 9.87. The first-order valence-corrected chi connectivity index (χ1v) is 10.4. The largest absolute Gasteiger partial charge is 0.480 e. The third-order valence-electron chi connectivity index (χ3n) is 5.18. The maximum absolute atomic E-state index is 6.52. The minimum absolute atomic E-state index is 0.198. The highest BCUT2D eigenvalue weighted by atomic mass is 35.5. The molecule has 2 aliphatic rings. The second kappa shape index (κ2) is 6.43. The summed E-state index contributed by atoms with van der Waals surface area (Å²) >= 11 is 8.00. The van der Waals surface area contributed by atoms with Crippen molar-refractivity contribution < 1.29 is 4.74 Å². The van der Waals surface area contributed by atoms with Gasteiger partial charge in [-0.15, -0.1) is 11.3 Å². The molecule has 142 valence electrons. The summed E-state index contributed by atoms with van der Waals surface area (Å²) in [5.74, 6) is 1.47. The lowest BCUT2D eigenvalue weighted by Gasteiger charge is -2.38. The molecule has 0 fully saturated rings. The molecular formula is C21H14ClN5OS. The van der Waals surface area contributed by atoms with Gasteiger partial charge in [-0.3, -0.25) is 4.98 Å². The molecule has 0 radical (unpaired) electrons. The number of rotatable bonds is 2. The van der Waals surface area contributed by atoms with Gasteiger partial charge in [0.15, 0.2) is 6.10 Å². The van der Waals surface area contributed by atoms with Gasteiger partial charge in [0, 0.05) is 33.4 Å². The summed E-state index contributed by atoms with van der Waals surface area (Å²) in [5, 5.41) is 10.7. The SMILES string of the molecule is Clc1ccc2c(c1)C1=C([C@@H](c3cccs3)O2)[C@@H](c2cccnc2)n2ncnc2N1. The van der Waals surface area contributed by atoms with Crippen molar-refractivity contribution in [2.45, 2.75) is 12.1 Å². The van der Waals surface area contributed by atoms with Crippen LogP contribution in [-0.2, 0) is 0 Å². The molecule has 2 aliphatic heterocycles. The molecule has 0 saturated heterocycles. The van der Waals surface area contributed by atoms with Crippen LogP contribution in [0.3, 0.4) is 0 Å². The van der Waals surface area contributed by atoms with E-state index >= 15 is 0 Å². The number of fused-ring (bicyclic) bond motifs is 3. The minimum Gasteiger partial charge on any atom is -0.480 e. The number of pyridine rings is 1. The first kappa shape index (κ1) is 16.8. The van der Waals surface area contributed by atoms with E-state index in [-0.39, 0.29) is 12.1 Å². The van der Waals surface area contributed by atoms with Crippen molar-refractivity contribution in [1.29, 1.82) is 0 Å². The van der Waals surface area contributed by atoms with Gasteiger partial charge in [-0.05, 0) is 41.3 Å². The number of thiophene rings is 1. The summed E-state index contributed by atoms with van der Waals surface area (Å²) in [6.07, 6.45) is 4.94. The third kappa shape index (κ3) is 2.58. The Labute approximate surface area is 175 Å². The first-order valence-electron chi connectivity index (χ1n) is 9.10. The normalized spacial score (nSPS) is 19.6. The molecule has 6 rings (SSSR count). The summed E-state index contributed by atoms with van der Waals surface area (Å²) in [6.45, 7) is 0. The number of benzene rings is 1. The standard InChI is InChI=1S/C21H14ClN5OS/c22-13-5-6-15-14(9-13)18-17(20(28-15)16-4-2-8-29-16)19(12-3-1-7-23-10-12)27-21(26-18)24-11-25-27/h1-11,19-20H,(H,24,25,26)/t19-,20-/m1/s1. The maximum atomic E-state index is 6.52. The summed E-state index contributed by atoms with van der Waals surface area (Å²) in [6, 6.07) is 13.6. The van der Waals surface area contributed by atoms with Crippen molar-refractivity contribution in [2.24, 2.45) is 0 Å². The van der Waals surface area contributed by atoms with E-state index in [1.807, 2.05) is 41.2 Å². The fourth-order valence-electron chi connectivity index (χ4n) is 3.98. The molecule has 1 N–H and O–H groups in total. The van der Waals surface area contributed by atoms with Crippen LogP contribution in [0.15, 0.2) is 72.1 Å². The van der Waals surface area contributed by atoms with Crippen LogP contribution in [0.2, 0.25) is 5.02 Å². The molecule has 1 aromatic carbocycles. The highest BCUT2D eigenvalue weighted by molar-refractivity contribution is 7.10. The second-order valence-electron chi connectivity index (χ2n) is 6.83. The zero-order chi connectivity index (χ0) is 19.4. The van der Waals surface area contributed by atoms with Gasteiger partial charge < -0.3 is 10.1 Å². The molecule has 0 amide bonds. The first-order chi connectivity index (χ1) is 14.3. The molecule has 6 nitrogen and oxygen atoms in total. The smallest absolute Gasteiger partial charge is 0.226 e. The maximum Gasteiger partial charge on any atom is 0.226 e. The van der Waals surface area contributed by atoms with Crippen molar-refractivity contribution in [3.05, 3.63) is 93.2 Å². The van der Waals surface area contributed by atoms with Gasteiger partial charge in [0.05, 0.1) is 5.70 Å². The van der Waals surface area contributed by atoms with Gasteiger partial charge in [0.25, 0.3) is 0 Å². The number of halogens is 1. The Morgan fingerprint density at radius 3 is 2.97 bits per heavy atom. The van der Waals surface area contributed by atoms with Crippen LogP contribution >= 0.6 is 22.9 Å². The molecular weight excluding hydrogens is 406 g/mol. The molecule has 8 heteroatoms. The Bertz CT molecular complexity index is 1240. The van der Waals surface area contributed by atoms with Crippen molar-refractivity contribution in [3.63, 3.8) is 0 Å². The highest BCUT2D eigenvalue weighted by Gasteiger charge is 2.41. The fourth-order valence-corrected chi connectivity index (χ4v) is 4.92. The molecule has 0 aliphatic carbocycles. The number of aromatic nitrogens is 4. The van der Waals surface area contributed by atoms with Gasteiger partial charge in [-0.1, -0.05) is 23.7 Å². The topological polar surface area (TPSA) is 64.9 Å². The van der Waals surface area contributed by atoms with E-state index in [1.165, 1.54) is 0 Å². The summed E-state index contributed by atoms with van der Waals surface area (Å²) in [4.78, 5) is 9.88. The Hall–Kier alpha value is -3.16. The summed E-state index contributed by atoms with van der Waals surface area (Å²) in [5.41, 5.74) is 3.96. The van der Waals surface area contributed by atoms with Crippen LogP contribution in [0.25, 0.3) is 5.70 Å². The van der Waals surface area contributed by atoms with Gasteiger partial charge >= 0.3 is 0 Å². The quantitative estimate of drug-likeness (QED) is 0.498. The van der Waals surface area contributed by atoms with E-state index in [0.717, 1.165) is 33.0 Å². The summed E-state index contributed by atoms with van der Waals surface area (Å²) < 4.78 is 8.40. The number of anilines is 1. The number of nitrogens with one attached hydrogen (secondary N) is 1. The molecule has 0 bridgehead atoms. The van der Waals surface area contributed by atoms with Gasteiger partial charge in [0.1, 0.15) is 18.1 Å². The van der Waals surface area contributed by atoms with E-state index < -0.39 is 0 Å². The summed E-state index contributed by atoms with van der Waals surface area (Å²) in [7, 11) is 0. The van der Waals surface area contributed by atoms with Crippen LogP contribution in [0.4, 0.5) is 5.95 Å². The molecule has 0 unspecified atom stereocenters. The Kier molecular flexibility index (Phi) is 3.72. The Morgan fingerprint density at radius 2 is 2.14 bits per heavy atom. The van der Waals surface area contributed by atoms with Crippen LogP contribution < -0.4 is 10.1 Å². The van der Waals surface area contributed by atoms with Gasteiger partial charge in [-0.25, -0.2) is 4.68 Å². The molecule has 4 aromatic rings. The number of hydrogen-bond donors (Lipinski definition) is 1. The fraction of sp³-hybridized carbons (Fsp3) is 0.0952. The van der Waals surface area contributed by atoms with E-state index in [2.05, 4.69) is 37.9 Å². The van der Waals surface area contributed by atoms with Crippen molar-refractivity contribution >= 4 is 34.6 Å². The number of hydrogen-bond acceptors (Lipinski definition) is 6. The average molecular weight is 420 g/mol. The van der Waals surface area contributed by atoms with E-state index in [9.17, 15) is 0 Å².